The summed E-state index contributed by atoms with van der Waals surface area (Å²) in [7, 11) is 1.56. The van der Waals surface area contributed by atoms with Crippen LogP contribution in [0, 0.1) is 0 Å². The number of hydrazone groups is 1. The highest BCUT2D eigenvalue weighted by Gasteiger charge is 2.37. The van der Waals surface area contributed by atoms with Crippen LogP contribution in [0.5, 0.6) is 0 Å². The van der Waals surface area contributed by atoms with Crippen molar-refractivity contribution in [1.82, 2.24) is 10.3 Å². The topological polar surface area (TPSA) is 71.0 Å². The molecule has 1 aromatic carbocycles. The molecule has 2 aliphatic rings. The molecule has 2 heterocycles. The molecule has 0 saturated carbocycles. The van der Waals surface area contributed by atoms with Gasteiger partial charge < -0.3 is 10.1 Å². The lowest BCUT2D eigenvalue weighted by molar-refractivity contribution is -0.130. The molecule has 0 radical (unpaired) electrons. The van der Waals surface area contributed by atoms with Crippen LogP contribution in [-0.4, -0.2) is 49.3 Å². The molecule has 8 heteroatoms. The normalized spacial score (nSPS) is 19.9. The molecule has 2 aliphatic heterocycles. The van der Waals surface area contributed by atoms with Gasteiger partial charge in [-0.1, -0.05) is 29.3 Å². The van der Waals surface area contributed by atoms with Gasteiger partial charge in [0.05, 0.1) is 0 Å². The van der Waals surface area contributed by atoms with Gasteiger partial charge in [-0.2, -0.15) is 5.10 Å². The lowest BCUT2D eigenvalue weighted by Crippen LogP contribution is -2.47. The average Bonchev–Trinajstić information content (AvgIpc) is 2.62. The van der Waals surface area contributed by atoms with Crippen molar-refractivity contribution in [2.24, 2.45) is 5.10 Å². The van der Waals surface area contributed by atoms with Gasteiger partial charge in [0.25, 0.3) is 5.91 Å². The standard InChI is InChI=1S/C18H21Cl2N3O3/c1-23-16(24)5-4-15(22-23)17(25)21-11-18(6-8-26-9-7-18)13-3-2-12(19)10-14(13)20/h2-3,10H,4-9,11H2,1H3,(H,21,25). The molecule has 1 N–H and O–H groups in total. The van der Waals surface area contributed by atoms with Crippen molar-refractivity contribution in [1.29, 1.82) is 0 Å². The van der Waals surface area contributed by atoms with E-state index in [1.165, 1.54) is 5.01 Å². The van der Waals surface area contributed by atoms with E-state index in [-0.39, 0.29) is 17.2 Å². The van der Waals surface area contributed by atoms with E-state index in [0.717, 1.165) is 18.4 Å². The fourth-order valence-electron chi connectivity index (χ4n) is 3.41. The second-order valence-corrected chi connectivity index (χ2v) is 7.51. The summed E-state index contributed by atoms with van der Waals surface area (Å²) >= 11 is 12.5. The van der Waals surface area contributed by atoms with Crippen LogP contribution in [0.2, 0.25) is 10.0 Å². The highest BCUT2D eigenvalue weighted by molar-refractivity contribution is 6.39. The Morgan fingerprint density at radius 3 is 2.69 bits per heavy atom. The average molecular weight is 398 g/mol. The first-order chi connectivity index (χ1) is 12.4. The molecule has 0 aromatic heterocycles. The van der Waals surface area contributed by atoms with E-state index in [2.05, 4.69) is 10.4 Å². The molecular weight excluding hydrogens is 377 g/mol. The molecule has 0 unspecified atom stereocenters. The number of carbonyl (C=O) groups is 2. The van der Waals surface area contributed by atoms with E-state index in [9.17, 15) is 9.59 Å². The maximum absolute atomic E-state index is 12.5. The predicted molar refractivity (Wildman–Crippen MR) is 101 cm³/mol. The smallest absolute Gasteiger partial charge is 0.267 e. The van der Waals surface area contributed by atoms with Crippen molar-refractivity contribution < 1.29 is 14.3 Å². The van der Waals surface area contributed by atoms with Gasteiger partial charge in [0.2, 0.25) is 5.91 Å². The summed E-state index contributed by atoms with van der Waals surface area (Å²) in [5.41, 5.74) is 1.02. The van der Waals surface area contributed by atoms with Gasteiger partial charge in [0.15, 0.2) is 0 Å². The van der Waals surface area contributed by atoms with Crippen LogP contribution in [0.25, 0.3) is 0 Å². The molecule has 0 spiro atoms. The van der Waals surface area contributed by atoms with E-state index in [1.807, 2.05) is 12.1 Å². The first kappa shape index (κ1) is 19.1. The summed E-state index contributed by atoms with van der Waals surface area (Å²) in [6, 6.07) is 5.46. The van der Waals surface area contributed by atoms with Gasteiger partial charge in [-0.05, 0) is 30.5 Å². The maximum Gasteiger partial charge on any atom is 0.267 e. The number of carbonyl (C=O) groups excluding carboxylic acids is 2. The third-order valence-corrected chi connectivity index (χ3v) is 5.56. The van der Waals surface area contributed by atoms with Crippen LogP contribution >= 0.6 is 23.2 Å². The van der Waals surface area contributed by atoms with Crippen molar-refractivity contribution in [3.63, 3.8) is 0 Å². The van der Waals surface area contributed by atoms with Crippen LogP contribution in [0.3, 0.4) is 0 Å². The Labute approximate surface area is 162 Å². The molecule has 1 fully saturated rings. The minimum Gasteiger partial charge on any atom is -0.381 e. The predicted octanol–water partition coefficient (Wildman–Crippen LogP) is 2.77. The third kappa shape index (κ3) is 4.03. The minimum atomic E-state index is -0.313. The second kappa shape index (κ2) is 7.94. The number of hydrogen-bond acceptors (Lipinski definition) is 4. The summed E-state index contributed by atoms with van der Waals surface area (Å²) < 4.78 is 5.51. The zero-order chi connectivity index (χ0) is 18.7. The van der Waals surface area contributed by atoms with Gasteiger partial charge in [-0.3, -0.25) is 9.59 Å². The fraction of sp³-hybridized carbons (Fsp3) is 0.500. The van der Waals surface area contributed by atoms with Gasteiger partial charge in [-0.25, -0.2) is 5.01 Å². The molecule has 0 atom stereocenters. The molecule has 0 bridgehead atoms. The molecule has 0 aliphatic carbocycles. The molecule has 140 valence electrons. The van der Waals surface area contributed by atoms with Crippen molar-refractivity contribution >= 4 is 40.7 Å². The van der Waals surface area contributed by atoms with Crippen LogP contribution in [0.15, 0.2) is 23.3 Å². The number of nitrogens with one attached hydrogen (secondary N) is 1. The Bertz CT molecular complexity index is 745. The first-order valence-electron chi connectivity index (χ1n) is 8.57. The Kier molecular flexibility index (Phi) is 5.85. The minimum absolute atomic E-state index is 0.0876. The molecule has 26 heavy (non-hydrogen) atoms. The number of nitrogens with zero attached hydrogens (tertiary/aromatic N) is 2. The summed E-state index contributed by atoms with van der Waals surface area (Å²) in [6.45, 7) is 1.63. The highest BCUT2D eigenvalue weighted by Crippen LogP contribution is 2.39. The van der Waals surface area contributed by atoms with E-state index in [1.54, 1.807) is 13.1 Å². The lowest BCUT2D eigenvalue weighted by Gasteiger charge is -2.38. The monoisotopic (exact) mass is 397 g/mol. The van der Waals surface area contributed by atoms with Crippen molar-refractivity contribution in [3.8, 4) is 0 Å². The van der Waals surface area contributed by atoms with Crippen LogP contribution in [-0.2, 0) is 19.7 Å². The molecule has 1 saturated heterocycles. The van der Waals surface area contributed by atoms with Crippen molar-refractivity contribution in [2.75, 3.05) is 26.8 Å². The Balaban J connectivity index is 1.78. The van der Waals surface area contributed by atoms with E-state index in [0.29, 0.717) is 48.4 Å². The van der Waals surface area contributed by atoms with Gasteiger partial charge >= 0.3 is 0 Å². The van der Waals surface area contributed by atoms with Gasteiger partial charge in [-0.15, -0.1) is 0 Å². The van der Waals surface area contributed by atoms with Crippen molar-refractivity contribution in [3.05, 3.63) is 33.8 Å². The number of rotatable bonds is 4. The number of hydrogen-bond donors (Lipinski definition) is 1. The summed E-state index contributed by atoms with van der Waals surface area (Å²) in [5.74, 6) is -0.337. The molecule has 2 amide bonds. The lowest BCUT2D eigenvalue weighted by atomic mass is 9.74. The van der Waals surface area contributed by atoms with Crippen LogP contribution < -0.4 is 5.32 Å². The largest absolute Gasteiger partial charge is 0.381 e. The zero-order valence-corrected chi connectivity index (χ0v) is 16.1. The highest BCUT2D eigenvalue weighted by atomic mass is 35.5. The maximum atomic E-state index is 12.5. The first-order valence-corrected chi connectivity index (χ1v) is 9.32. The summed E-state index contributed by atoms with van der Waals surface area (Å²) in [6.07, 6.45) is 2.15. The fourth-order valence-corrected chi connectivity index (χ4v) is 4.02. The van der Waals surface area contributed by atoms with E-state index >= 15 is 0 Å². The molecule has 3 rings (SSSR count). The third-order valence-electron chi connectivity index (χ3n) is 5.01. The number of ether oxygens (including phenoxy) is 1. The second-order valence-electron chi connectivity index (χ2n) is 6.66. The number of amides is 2. The zero-order valence-electron chi connectivity index (χ0n) is 14.6. The summed E-state index contributed by atoms with van der Waals surface area (Å²) in [5, 5.41) is 9.45. The van der Waals surface area contributed by atoms with E-state index in [4.69, 9.17) is 27.9 Å². The molecule has 6 nitrogen and oxygen atoms in total. The molecule has 1 aromatic rings. The Morgan fingerprint density at radius 2 is 2.04 bits per heavy atom. The van der Waals surface area contributed by atoms with E-state index < -0.39 is 0 Å². The number of halogens is 2. The number of benzene rings is 1. The Hall–Kier alpha value is -1.63. The van der Waals surface area contributed by atoms with Gasteiger partial charge in [0.1, 0.15) is 5.71 Å². The molecular formula is C18H21Cl2N3O3. The van der Waals surface area contributed by atoms with Crippen LogP contribution in [0.4, 0.5) is 0 Å². The Morgan fingerprint density at radius 1 is 1.31 bits per heavy atom. The van der Waals surface area contributed by atoms with Crippen molar-refractivity contribution in [2.45, 2.75) is 31.1 Å². The SMILES string of the molecule is CN1N=C(C(=O)NCC2(c3ccc(Cl)cc3Cl)CCOCC2)CCC1=O. The quantitative estimate of drug-likeness (QED) is 0.848. The van der Waals surface area contributed by atoms with Gasteiger partial charge in [0, 0.05) is 55.1 Å². The summed E-state index contributed by atoms with van der Waals surface area (Å²) in [4.78, 5) is 24.1. The van der Waals surface area contributed by atoms with Crippen LogP contribution in [0.1, 0.15) is 31.2 Å².